The highest BCUT2D eigenvalue weighted by atomic mass is 16.1. The molecule has 3 N–H and O–H groups in total. The van der Waals surface area contributed by atoms with E-state index in [0.717, 1.165) is 16.7 Å². The number of hydrogen-bond donors (Lipinski definition) is 2. The maximum absolute atomic E-state index is 12.6. The Bertz CT molecular complexity index is 811. The van der Waals surface area contributed by atoms with Crippen LogP contribution in [-0.4, -0.2) is 20.9 Å². The van der Waals surface area contributed by atoms with Gasteiger partial charge < -0.3 is 5.73 Å². The van der Waals surface area contributed by atoms with Gasteiger partial charge in [-0.05, 0) is 41.5 Å². The monoisotopic (exact) mass is 333 g/mol. The van der Waals surface area contributed by atoms with Gasteiger partial charge in [0.25, 0.3) is 0 Å². The number of aromatic nitrogens is 3. The van der Waals surface area contributed by atoms with Gasteiger partial charge in [-0.15, -0.1) is 0 Å². The van der Waals surface area contributed by atoms with E-state index in [-0.39, 0.29) is 0 Å². The van der Waals surface area contributed by atoms with Gasteiger partial charge in [-0.3, -0.25) is 25.1 Å². The minimum absolute atomic E-state index is 0.404. The lowest BCUT2D eigenvalue weighted by atomic mass is 9.83. The molecule has 3 aromatic rings. The molecule has 3 rings (SSSR count). The molecule has 3 heterocycles. The van der Waals surface area contributed by atoms with Gasteiger partial charge in [0.1, 0.15) is 5.54 Å². The second-order valence-electron chi connectivity index (χ2n) is 5.75. The zero-order chi connectivity index (χ0) is 17.5. The average Bonchev–Trinajstić information content (AvgIpc) is 2.67. The smallest absolute Gasteiger partial charge is 0.242 e. The lowest BCUT2D eigenvalue weighted by Gasteiger charge is -2.32. The predicted octanol–water partition coefficient (Wildman–Crippen LogP) is 1.58. The first-order chi connectivity index (χ1) is 12.2. The van der Waals surface area contributed by atoms with Crippen LogP contribution in [0.25, 0.3) is 0 Å². The molecule has 6 nitrogen and oxygen atoms in total. The van der Waals surface area contributed by atoms with Crippen LogP contribution in [-0.2, 0) is 23.3 Å². The number of amides is 1. The molecule has 0 aromatic carbocycles. The van der Waals surface area contributed by atoms with E-state index in [4.69, 9.17) is 5.73 Å². The summed E-state index contributed by atoms with van der Waals surface area (Å²) in [6, 6.07) is 11.2. The number of carbonyl (C=O) groups excluding carboxylic acids is 1. The first-order valence-electron chi connectivity index (χ1n) is 7.94. The molecule has 0 aliphatic heterocycles. The molecule has 1 amide bonds. The second kappa shape index (κ2) is 7.63. The molecule has 0 aliphatic carbocycles. The number of nitrogens with one attached hydrogen (secondary N) is 1. The number of rotatable bonds is 7. The fourth-order valence-corrected chi connectivity index (χ4v) is 2.76. The third kappa shape index (κ3) is 3.87. The van der Waals surface area contributed by atoms with Crippen LogP contribution in [0.2, 0.25) is 0 Å². The number of primary amides is 1. The topological polar surface area (TPSA) is 93.8 Å². The summed E-state index contributed by atoms with van der Waals surface area (Å²) in [6.45, 7) is 0.478. The number of hydrogen-bond acceptors (Lipinski definition) is 5. The van der Waals surface area contributed by atoms with Crippen LogP contribution < -0.4 is 11.1 Å². The van der Waals surface area contributed by atoms with Gasteiger partial charge in [-0.25, -0.2) is 0 Å². The number of carbonyl (C=O) groups is 1. The lowest BCUT2D eigenvalue weighted by Crippen LogP contribution is -2.54. The molecular formula is C19H19N5O. The fourth-order valence-electron chi connectivity index (χ4n) is 2.76. The molecule has 1 atom stereocenters. The molecule has 0 saturated heterocycles. The van der Waals surface area contributed by atoms with Gasteiger partial charge >= 0.3 is 0 Å². The molecule has 1 unspecified atom stereocenters. The summed E-state index contributed by atoms with van der Waals surface area (Å²) in [7, 11) is 0. The number of nitrogens with zero attached hydrogens (tertiary/aromatic N) is 3. The highest BCUT2D eigenvalue weighted by Crippen LogP contribution is 2.26. The first-order valence-corrected chi connectivity index (χ1v) is 7.94. The van der Waals surface area contributed by atoms with Gasteiger partial charge in [0.2, 0.25) is 5.91 Å². The normalized spacial score (nSPS) is 13.1. The van der Waals surface area contributed by atoms with Crippen LogP contribution in [0.4, 0.5) is 0 Å². The summed E-state index contributed by atoms with van der Waals surface area (Å²) in [5.74, 6) is -0.452. The van der Waals surface area contributed by atoms with E-state index in [0.29, 0.717) is 13.0 Å². The fraction of sp³-hybridized carbons (Fsp3) is 0.158. The molecule has 0 spiro atoms. The Balaban J connectivity index is 1.97. The maximum atomic E-state index is 12.6. The molecule has 3 aromatic heterocycles. The quantitative estimate of drug-likeness (QED) is 0.685. The average molecular weight is 333 g/mol. The molecular weight excluding hydrogens is 314 g/mol. The standard InChI is InChI=1S/C19H19N5O/c20-18(25)19(17-2-1-7-23-14-17,12-15-3-8-21-9-4-15)24-13-16-5-10-22-11-6-16/h1-11,14,24H,12-13H2,(H2,20,25). The highest BCUT2D eigenvalue weighted by molar-refractivity contribution is 5.86. The Hall–Kier alpha value is -3.12. The van der Waals surface area contributed by atoms with Gasteiger partial charge in [-0.1, -0.05) is 6.07 Å². The molecule has 0 bridgehead atoms. The van der Waals surface area contributed by atoms with Crippen molar-refractivity contribution in [3.63, 3.8) is 0 Å². The second-order valence-corrected chi connectivity index (χ2v) is 5.75. The van der Waals surface area contributed by atoms with Crippen LogP contribution in [0.1, 0.15) is 16.7 Å². The van der Waals surface area contributed by atoms with Crippen molar-refractivity contribution in [1.82, 2.24) is 20.3 Å². The van der Waals surface area contributed by atoms with Crippen LogP contribution in [0.15, 0.2) is 73.6 Å². The van der Waals surface area contributed by atoms with E-state index >= 15 is 0 Å². The predicted molar refractivity (Wildman–Crippen MR) is 94.1 cm³/mol. The van der Waals surface area contributed by atoms with E-state index < -0.39 is 11.4 Å². The van der Waals surface area contributed by atoms with Crippen molar-refractivity contribution >= 4 is 5.91 Å². The van der Waals surface area contributed by atoms with Crippen molar-refractivity contribution in [2.75, 3.05) is 0 Å². The molecule has 0 radical (unpaired) electrons. The summed E-state index contributed by atoms with van der Waals surface area (Å²) in [5.41, 5.74) is 7.49. The molecule has 0 saturated carbocycles. The Morgan fingerprint density at radius 3 is 2.12 bits per heavy atom. The van der Waals surface area contributed by atoms with E-state index in [1.54, 1.807) is 43.2 Å². The van der Waals surface area contributed by atoms with Crippen molar-refractivity contribution in [2.45, 2.75) is 18.5 Å². The SMILES string of the molecule is NC(=O)C(Cc1ccncc1)(NCc1ccncc1)c1cccnc1. The third-order valence-electron chi connectivity index (χ3n) is 4.14. The molecule has 0 fully saturated rings. The van der Waals surface area contributed by atoms with Crippen molar-refractivity contribution in [3.8, 4) is 0 Å². The zero-order valence-corrected chi connectivity index (χ0v) is 13.7. The summed E-state index contributed by atoms with van der Waals surface area (Å²) < 4.78 is 0. The Morgan fingerprint density at radius 2 is 1.56 bits per heavy atom. The Kier molecular flexibility index (Phi) is 5.11. The lowest BCUT2D eigenvalue weighted by molar-refractivity contribution is -0.125. The van der Waals surface area contributed by atoms with E-state index in [1.165, 1.54) is 0 Å². The summed E-state index contributed by atoms with van der Waals surface area (Å²) in [4.78, 5) is 24.8. The van der Waals surface area contributed by atoms with Crippen molar-refractivity contribution in [1.29, 1.82) is 0 Å². The summed E-state index contributed by atoms with van der Waals surface area (Å²) in [5, 5.41) is 3.35. The van der Waals surface area contributed by atoms with Gasteiger partial charge in [-0.2, -0.15) is 0 Å². The van der Waals surface area contributed by atoms with Crippen LogP contribution in [0.3, 0.4) is 0 Å². The minimum Gasteiger partial charge on any atom is -0.368 e. The Morgan fingerprint density at radius 1 is 0.920 bits per heavy atom. The highest BCUT2D eigenvalue weighted by Gasteiger charge is 2.38. The van der Waals surface area contributed by atoms with Crippen molar-refractivity contribution in [3.05, 3.63) is 90.3 Å². The summed E-state index contributed by atoms with van der Waals surface area (Å²) in [6.07, 6.45) is 10.6. The Labute approximate surface area is 146 Å². The largest absolute Gasteiger partial charge is 0.368 e. The molecule has 0 aliphatic rings. The van der Waals surface area contributed by atoms with Crippen LogP contribution in [0.5, 0.6) is 0 Å². The van der Waals surface area contributed by atoms with Crippen molar-refractivity contribution < 1.29 is 4.79 Å². The van der Waals surface area contributed by atoms with Gasteiger partial charge in [0, 0.05) is 55.7 Å². The van der Waals surface area contributed by atoms with Crippen LogP contribution >= 0.6 is 0 Å². The van der Waals surface area contributed by atoms with E-state index in [1.807, 2.05) is 30.3 Å². The van der Waals surface area contributed by atoms with Crippen molar-refractivity contribution in [2.24, 2.45) is 5.73 Å². The van der Waals surface area contributed by atoms with E-state index in [2.05, 4.69) is 20.3 Å². The molecule has 126 valence electrons. The number of pyridine rings is 3. The van der Waals surface area contributed by atoms with Crippen LogP contribution in [0, 0.1) is 0 Å². The minimum atomic E-state index is -1.07. The molecule has 25 heavy (non-hydrogen) atoms. The van der Waals surface area contributed by atoms with Gasteiger partial charge in [0.15, 0.2) is 0 Å². The van der Waals surface area contributed by atoms with Gasteiger partial charge in [0.05, 0.1) is 0 Å². The number of nitrogens with two attached hydrogens (primary N) is 1. The third-order valence-corrected chi connectivity index (χ3v) is 4.14. The molecule has 6 heteroatoms. The maximum Gasteiger partial charge on any atom is 0.242 e. The summed E-state index contributed by atoms with van der Waals surface area (Å²) >= 11 is 0. The first kappa shape index (κ1) is 16.7. The zero-order valence-electron chi connectivity index (χ0n) is 13.7. The van der Waals surface area contributed by atoms with E-state index in [9.17, 15) is 4.79 Å².